The van der Waals surface area contributed by atoms with E-state index in [0.717, 1.165) is 108 Å². The number of thiazole rings is 1. The number of para-hydroxylation sites is 1. The molecule has 7 rings (SSSR count). The van der Waals surface area contributed by atoms with Gasteiger partial charge in [-0.25, -0.2) is 19.6 Å². The van der Waals surface area contributed by atoms with Crippen LogP contribution < -0.4 is 19.2 Å². The Morgan fingerprint density at radius 2 is 1.32 bits per heavy atom. The molecule has 3 saturated carbocycles. The summed E-state index contributed by atoms with van der Waals surface area (Å²) >= 11 is 1.60. The third-order valence-electron chi connectivity index (χ3n) is 15.2. The summed E-state index contributed by atoms with van der Waals surface area (Å²) in [6.07, 6.45) is 24.5. The van der Waals surface area contributed by atoms with Gasteiger partial charge in [-0.2, -0.15) is 5.10 Å². The van der Waals surface area contributed by atoms with Gasteiger partial charge in [0.05, 0.1) is 75.1 Å². The molecule has 1 heterocycles. The number of hydrogen-bond donors (Lipinski definition) is 0. The molecule has 0 amide bonds. The van der Waals surface area contributed by atoms with Crippen LogP contribution in [0.1, 0.15) is 140 Å². The SMILES string of the molecule is C=CC(=O)OCCCCCCOc1ccc(OC(=O)C2CCC(COc3ccc(C4CCC(C5CCC(CCC)CC5)CC4)cc3/C=N/N(CCOCCOCCOC(=O)C=C)c3nc4ccccc4s3)CC2)cc1. The van der Waals surface area contributed by atoms with Gasteiger partial charge in [-0.05, 0) is 174 Å². The van der Waals surface area contributed by atoms with E-state index in [0.29, 0.717) is 63.8 Å². The summed E-state index contributed by atoms with van der Waals surface area (Å²) in [7, 11) is 0. The van der Waals surface area contributed by atoms with Crippen LogP contribution in [0.5, 0.6) is 17.2 Å². The Morgan fingerprint density at radius 3 is 2.03 bits per heavy atom. The van der Waals surface area contributed by atoms with E-state index in [-0.39, 0.29) is 31.1 Å². The monoisotopic (exact) mass is 1050 g/mol. The Balaban J connectivity index is 0.937. The van der Waals surface area contributed by atoms with Gasteiger partial charge in [-0.3, -0.25) is 4.79 Å². The highest BCUT2D eigenvalue weighted by Gasteiger charge is 2.32. The lowest BCUT2D eigenvalue weighted by molar-refractivity contribution is -0.140. The van der Waals surface area contributed by atoms with Crippen molar-refractivity contribution in [3.63, 3.8) is 0 Å². The van der Waals surface area contributed by atoms with Crippen molar-refractivity contribution in [1.82, 2.24) is 4.98 Å². The normalized spacial score (nSPS) is 20.8. The fraction of sp³-hybridized carbons (Fsp3) is 0.557. The molecule has 0 saturated heterocycles. The van der Waals surface area contributed by atoms with E-state index in [1.165, 1.54) is 75.8 Å². The number of rotatable bonds is 31. The number of carbonyl (C=O) groups excluding carboxylic acids is 3. The molecule has 3 aliphatic rings. The van der Waals surface area contributed by atoms with Gasteiger partial charge >= 0.3 is 17.9 Å². The first-order chi connectivity index (χ1) is 36.8. The Hall–Kier alpha value is -5.57. The largest absolute Gasteiger partial charge is 0.494 e. The molecule has 1 aromatic heterocycles. The summed E-state index contributed by atoms with van der Waals surface area (Å²) in [6.45, 7) is 12.7. The van der Waals surface area contributed by atoms with Gasteiger partial charge in [0, 0.05) is 17.7 Å². The second-order valence-electron chi connectivity index (χ2n) is 20.5. The molecule has 406 valence electrons. The maximum Gasteiger partial charge on any atom is 0.330 e. The third-order valence-corrected chi connectivity index (χ3v) is 16.3. The molecule has 3 aliphatic carbocycles. The smallest absolute Gasteiger partial charge is 0.330 e. The maximum atomic E-state index is 13.3. The highest BCUT2D eigenvalue weighted by molar-refractivity contribution is 7.22. The van der Waals surface area contributed by atoms with Crippen molar-refractivity contribution >= 4 is 50.8 Å². The van der Waals surface area contributed by atoms with E-state index < -0.39 is 5.97 Å². The Labute approximate surface area is 449 Å². The number of anilines is 1. The van der Waals surface area contributed by atoms with Gasteiger partial charge in [0.2, 0.25) is 5.13 Å². The van der Waals surface area contributed by atoms with E-state index in [1.54, 1.807) is 23.5 Å². The highest BCUT2D eigenvalue weighted by atomic mass is 32.1. The zero-order valence-electron chi connectivity index (χ0n) is 44.4. The summed E-state index contributed by atoms with van der Waals surface area (Å²) in [6, 6.07) is 22.1. The summed E-state index contributed by atoms with van der Waals surface area (Å²) in [5, 5.41) is 7.81. The molecule has 13 nitrogen and oxygen atoms in total. The van der Waals surface area contributed by atoms with Crippen LogP contribution in [0.15, 0.2) is 97.1 Å². The van der Waals surface area contributed by atoms with Crippen molar-refractivity contribution in [1.29, 1.82) is 0 Å². The average molecular weight is 1050 g/mol. The van der Waals surface area contributed by atoms with Gasteiger partial charge in [0.25, 0.3) is 0 Å². The number of hydrazone groups is 1. The number of ether oxygens (including phenoxy) is 7. The van der Waals surface area contributed by atoms with Crippen LogP contribution in [0.25, 0.3) is 10.2 Å². The van der Waals surface area contributed by atoms with E-state index in [4.69, 9.17) is 43.2 Å². The molecule has 4 aromatic rings. The van der Waals surface area contributed by atoms with Crippen LogP contribution in [0, 0.1) is 29.6 Å². The summed E-state index contributed by atoms with van der Waals surface area (Å²) in [4.78, 5) is 40.8. The summed E-state index contributed by atoms with van der Waals surface area (Å²) in [5.74, 6) is 4.31. The topological polar surface area (TPSA) is 144 Å². The number of nitrogens with zero attached hydrogens (tertiary/aromatic N) is 3. The highest BCUT2D eigenvalue weighted by Crippen LogP contribution is 2.45. The molecule has 0 radical (unpaired) electrons. The fourth-order valence-electron chi connectivity index (χ4n) is 10.9. The lowest BCUT2D eigenvalue weighted by Gasteiger charge is -2.38. The van der Waals surface area contributed by atoms with Crippen LogP contribution in [0.3, 0.4) is 0 Å². The number of esters is 3. The number of benzene rings is 3. The van der Waals surface area contributed by atoms with Crippen molar-refractivity contribution in [2.75, 3.05) is 64.4 Å². The van der Waals surface area contributed by atoms with Gasteiger partial charge in [0.15, 0.2) is 0 Å². The Morgan fingerprint density at radius 1 is 0.680 bits per heavy atom. The standard InChI is InChI=1S/C61H81N3O10S/c1-4-13-45-16-20-47(21-17-45)48-24-26-49(27-25-48)51-28-33-56(52(42-51)43-62-64(61-63-55-14-9-10-15-57(55)75-61)34-37-68-38-39-69-40-41-72-59(66)6-3)73-44-46-18-22-50(23-19-46)60(67)74-54-31-29-53(30-32-54)70-35-11-7-8-12-36-71-58(65)5-2/h5-6,9-10,14-15,28-33,42-43,45-50H,2-4,7-8,11-13,16-27,34-41,44H2,1H3/b62-43+. The van der Waals surface area contributed by atoms with E-state index >= 15 is 0 Å². The van der Waals surface area contributed by atoms with Crippen LogP contribution in [0.4, 0.5) is 5.13 Å². The number of hydrogen-bond acceptors (Lipinski definition) is 14. The zero-order chi connectivity index (χ0) is 52.5. The van der Waals surface area contributed by atoms with Crippen molar-refractivity contribution < 1.29 is 47.5 Å². The van der Waals surface area contributed by atoms with Crippen molar-refractivity contribution in [3.8, 4) is 17.2 Å². The first-order valence-corrected chi connectivity index (χ1v) is 28.7. The van der Waals surface area contributed by atoms with Crippen molar-refractivity contribution in [2.45, 2.75) is 128 Å². The van der Waals surface area contributed by atoms with Gasteiger partial charge < -0.3 is 33.2 Å². The molecule has 0 N–H and O–H groups in total. The predicted octanol–water partition coefficient (Wildman–Crippen LogP) is 13.2. The lowest BCUT2D eigenvalue weighted by atomic mass is 9.68. The number of carbonyl (C=O) groups is 3. The molecule has 3 fully saturated rings. The molecule has 75 heavy (non-hydrogen) atoms. The van der Waals surface area contributed by atoms with Gasteiger partial charge in [-0.15, -0.1) is 0 Å². The molecular weight excluding hydrogens is 967 g/mol. The van der Waals surface area contributed by atoms with Crippen molar-refractivity contribution in [3.05, 3.63) is 103 Å². The first-order valence-electron chi connectivity index (χ1n) is 27.9. The molecule has 0 unspecified atom stereocenters. The van der Waals surface area contributed by atoms with E-state index in [1.807, 2.05) is 41.6 Å². The Bertz CT molecular complexity index is 2370. The Kier molecular flexibility index (Phi) is 24.0. The molecule has 14 heteroatoms. The number of aromatic nitrogens is 1. The second-order valence-corrected chi connectivity index (χ2v) is 21.5. The average Bonchev–Trinajstić information content (AvgIpc) is 3.89. The molecular formula is C61H81N3O10S. The minimum absolute atomic E-state index is 0.162. The summed E-state index contributed by atoms with van der Waals surface area (Å²) < 4.78 is 41.1. The summed E-state index contributed by atoms with van der Waals surface area (Å²) in [5.41, 5.74) is 3.21. The number of unbranched alkanes of at least 4 members (excludes halogenated alkanes) is 3. The first kappa shape index (κ1) is 57.1. The minimum atomic E-state index is -0.470. The quantitative estimate of drug-likeness (QED) is 0.0118. The van der Waals surface area contributed by atoms with Crippen LogP contribution in [0.2, 0.25) is 0 Å². The van der Waals surface area contributed by atoms with E-state index in [2.05, 4.69) is 44.3 Å². The number of fused-ring (bicyclic) bond motifs is 1. The lowest BCUT2D eigenvalue weighted by Crippen LogP contribution is -2.27. The molecule has 3 aromatic carbocycles. The van der Waals surface area contributed by atoms with Gasteiger partial charge in [0.1, 0.15) is 23.9 Å². The van der Waals surface area contributed by atoms with Crippen LogP contribution in [-0.2, 0) is 33.3 Å². The van der Waals surface area contributed by atoms with Crippen molar-refractivity contribution in [2.24, 2.45) is 34.7 Å². The maximum absolute atomic E-state index is 13.3. The molecule has 0 atom stereocenters. The molecule has 0 bridgehead atoms. The minimum Gasteiger partial charge on any atom is -0.494 e. The van der Waals surface area contributed by atoms with Crippen LogP contribution in [-0.4, -0.2) is 88.5 Å². The van der Waals surface area contributed by atoms with E-state index in [9.17, 15) is 14.4 Å². The molecule has 0 spiro atoms. The predicted molar refractivity (Wildman–Crippen MR) is 297 cm³/mol. The van der Waals surface area contributed by atoms with Crippen LogP contribution >= 0.6 is 11.3 Å². The van der Waals surface area contributed by atoms with Gasteiger partial charge in [-0.1, -0.05) is 75.3 Å². The zero-order valence-corrected chi connectivity index (χ0v) is 45.2. The fourth-order valence-corrected chi connectivity index (χ4v) is 11.9. The third kappa shape index (κ3) is 18.9. The molecule has 0 aliphatic heterocycles. The second kappa shape index (κ2) is 31.5.